The zero-order valence-corrected chi connectivity index (χ0v) is 12.2. The largest absolute Gasteiger partial charge is 0.478 e. The van der Waals surface area contributed by atoms with Crippen molar-refractivity contribution < 1.29 is 9.90 Å². The van der Waals surface area contributed by atoms with Gasteiger partial charge in [-0.05, 0) is 44.0 Å². The van der Waals surface area contributed by atoms with Gasteiger partial charge in [0.25, 0.3) is 0 Å². The molecule has 2 aromatic rings. The Bertz CT molecular complexity index is 669. The molecular formula is C17H20N2O2. The number of benzene rings is 1. The highest BCUT2D eigenvalue weighted by molar-refractivity contribution is 6.02. The molecule has 110 valence electrons. The molecular weight excluding hydrogens is 264 g/mol. The van der Waals surface area contributed by atoms with Crippen LogP contribution in [0.5, 0.6) is 0 Å². The van der Waals surface area contributed by atoms with Crippen LogP contribution in [0.15, 0.2) is 30.3 Å². The number of anilines is 1. The summed E-state index contributed by atoms with van der Waals surface area (Å²) in [6, 6.07) is 9.60. The minimum Gasteiger partial charge on any atom is -0.478 e. The lowest BCUT2D eigenvalue weighted by molar-refractivity contribution is 0.0699. The Morgan fingerprint density at radius 1 is 1.24 bits per heavy atom. The maximum Gasteiger partial charge on any atom is 0.336 e. The first kappa shape index (κ1) is 13.9. The molecule has 0 spiro atoms. The molecule has 21 heavy (non-hydrogen) atoms. The average molecular weight is 284 g/mol. The highest BCUT2D eigenvalue weighted by Gasteiger charge is 2.19. The molecule has 0 amide bonds. The molecule has 4 heteroatoms. The second-order valence-corrected chi connectivity index (χ2v) is 5.74. The van der Waals surface area contributed by atoms with Crippen molar-refractivity contribution in [2.24, 2.45) is 0 Å². The van der Waals surface area contributed by atoms with Crippen molar-refractivity contribution in [1.29, 1.82) is 0 Å². The number of hydrogen-bond donors (Lipinski definition) is 1. The number of carboxylic acids is 1. The van der Waals surface area contributed by atoms with Gasteiger partial charge in [0.15, 0.2) is 0 Å². The van der Waals surface area contributed by atoms with Crippen molar-refractivity contribution in [1.82, 2.24) is 4.98 Å². The van der Waals surface area contributed by atoms with Crippen LogP contribution < -0.4 is 4.90 Å². The number of hydrogen-bond acceptors (Lipinski definition) is 3. The summed E-state index contributed by atoms with van der Waals surface area (Å²) in [5.74, 6) is 0.0535. The number of fused-ring (bicyclic) bond motifs is 1. The van der Waals surface area contributed by atoms with E-state index in [0.29, 0.717) is 17.0 Å². The number of carboxylic acid groups (broad SMARTS) is 1. The van der Waals surface area contributed by atoms with Crippen LogP contribution in [-0.2, 0) is 0 Å². The van der Waals surface area contributed by atoms with Crippen LogP contribution in [0.2, 0.25) is 0 Å². The lowest BCUT2D eigenvalue weighted by Crippen LogP contribution is -2.33. The number of aromatic carboxylic acids is 1. The third-order valence-electron chi connectivity index (χ3n) is 4.29. The standard InChI is InChI=1S/C17H20N2O2/c1-12-6-3-2-4-11-19(12)16-10-9-13-14(17(20)21)7-5-8-15(13)18-16/h5,7-10,12H,2-4,6,11H2,1H3,(H,20,21). The quantitative estimate of drug-likeness (QED) is 0.913. The lowest BCUT2D eigenvalue weighted by atomic mass is 10.1. The molecule has 1 unspecified atom stereocenters. The van der Waals surface area contributed by atoms with E-state index in [1.165, 1.54) is 25.7 Å². The smallest absolute Gasteiger partial charge is 0.336 e. The highest BCUT2D eigenvalue weighted by Crippen LogP contribution is 2.26. The van der Waals surface area contributed by atoms with Gasteiger partial charge in [0.05, 0.1) is 11.1 Å². The summed E-state index contributed by atoms with van der Waals surface area (Å²) in [7, 11) is 0. The van der Waals surface area contributed by atoms with Crippen molar-refractivity contribution in [3.8, 4) is 0 Å². The third kappa shape index (κ3) is 2.71. The van der Waals surface area contributed by atoms with Gasteiger partial charge < -0.3 is 10.0 Å². The van der Waals surface area contributed by atoms with E-state index in [1.807, 2.05) is 18.2 Å². The Labute approximate surface area is 124 Å². The third-order valence-corrected chi connectivity index (χ3v) is 4.29. The van der Waals surface area contributed by atoms with Gasteiger partial charge in [-0.15, -0.1) is 0 Å². The summed E-state index contributed by atoms with van der Waals surface area (Å²) >= 11 is 0. The van der Waals surface area contributed by atoms with Crippen LogP contribution in [0.4, 0.5) is 5.82 Å². The monoisotopic (exact) mass is 284 g/mol. The molecule has 0 saturated carbocycles. The fraction of sp³-hybridized carbons (Fsp3) is 0.412. The average Bonchev–Trinajstić information content (AvgIpc) is 2.70. The van der Waals surface area contributed by atoms with Gasteiger partial charge in [-0.2, -0.15) is 0 Å². The topological polar surface area (TPSA) is 53.4 Å². The van der Waals surface area contributed by atoms with Gasteiger partial charge in [0.2, 0.25) is 0 Å². The zero-order chi connectivity index (χ0) is 14.8. The van der Waals surface area contributed by atoms with Gasteiger partial charge in [0.1, 0.15) is 5.82 Å². The van der Waals surface area contributed by atoms with Crippen molar-refractivity contribution >= 4 is 22.7 Å². The Kier molecular flexibility index (Phi) is 3.78. The maximum atomic E-state index is 11.3. The number of nitrogens with zero attached hydrogens (tertiary/aromatic N) is 2. The Balaban J connectivity index is 2.03. The van der Waals surface area contributed by atoms with E-state index >= 15 is 0 Å². The Hall–Kier alpha value is -2.10. The van der Waals surface area contributed by atoms with Crippen molar-refractivity contribution in [3.05, 3.63) is 35.9 Å². The first-order valence-electron chi connectivity index (χ1n) is 7.56. The first-order valence-corrected chi connectivity index (χ1v) is 7.56. The van der Waals surface area contributed by atoms with E-state index in [1.54, 1.807) is 12.1 Å². The van der Waals surface area contributed by atoms with E-state index in [-0.39, 0.29) is 0 Å². The molecule has 3 rings (SSSR count). The highest BCUT2D eigenvalue weighted by atomic mass is 16.4. The molecule has 0 radical (unpaired) electrons. The van der Waals surface area contributed by atoms with Gasteiger partial charge >= 0.3 is 5.97 Å². The summed E-state index contributed by atoms with van der Waals surface area (Å²) in [6.07, 6.45) is 4.93. The SMILES string of the molecule is CC1CCCCCN1c1ccc2c(C(=O)O)cccc2n1. The molecule has 1 N–H and O–H groups in total. The van der Waals surface area contributed by atoms with Crippen molar-refractivity contribution in [2.75, 3.05) is 11.4 Å². The summed E-state index contributed by atoms with van der Waals surface area (Å²) < 4.78 is 0. The fourth-order valence-corrected chi connectivity index (χ4v) is 3.11. The van der Waals surface area contributed by atoms with E-state index in [2.05, 4.69) is 11.8 Å². The molecule has 1 aliphatic heterocycles. The first-order chi connectivity index (χ1) is 10.2. The summed E-state index contributed by atoms with van der Waals surface area (Å²) in [6.45, 7) is 3.27. The molecule has 1 atom stereocenters. The van der Waals surface area contributed by atoms with E-state index in [4.69, 9.17) is 4.98 Å². The van der Waals surface area contributed by atoms with Crippen LogP contribution in [0, 0.1) is 0 Å². The molecule has 2 heterocycles. The van der Waals surface area contributed by atoms with Crippen molar-refractivity contribution in [3.63, 3.8) is 0 Å². The van der Waals surface area contributed by atoms with Gasteiger partial charge in [0, 0.05) is 18.0 Å². The second kappa shape index (κ2) is 5.72. The minimum absolute atomic E-state index is 0.315. The summed E-state index contributed by atoms with van der Waals surface area (Å²) in [5, 5.41) is 9.95. The predicted molar refractivity (Wildman–Crippen MR) is 84.0 cm³/mol. The van der Waals surface area contributed by atoms with E-state index in [9.17, 15) is 9.90 Å². The van der Waals surface area contributed by atoms with Crippen LogP contribution in [0.1, 0.15) is 43.0 Å². The predicted octanol–water partition coefficient (Wildman–Crippen LogP) is 3.70. The molecule has 0 aliphatic carbocycles. The maximum absolute atomic E-state index is 11.3. The Morgan fingerprint density at radius 2 is 2.10 bits per heavy atom. The normalized spacial score (nSPS) is 19.5. The molecule has 1 aliphatic rings. The number of aromatic nitrogens is 1. The summed E-state index contributed by atoms with van der Waals surface area (Å²) in [4.78, 5) is 18.3. The van der Waals surface area contributed by atoms with Gasteiger partial charge in [-0.1, -0.05) is 18.9 Å². The number of rotatable bonds is 2. The van der Waals surface area contributed by atoms with E-state index in [0.717, 1.165) is 17.9 Å². The molecule has 0 bridgehead atoms. The van der Waals surface area contributed by atoms with E-state index < -0.39 is 5.97 Å². The van der Waals surface area contributed by atoms with Gasteiger partial charge in [-0.3, -0.25) is 0 Å². The summed E-state index contributed by atoms with van der Waals surface area (Å²) in [5.41, 5.74) is 1.07. The zero-order valence-electron chi connectivity index (χ0n) is 12.2. The molecule has 4 nitrogen and oxygen atoms in total. The number of carbonyl (C=O) groups is 1. The minimum atomic E-state index is -0.904. The second-order valence-electron chi connectivity index (χ2n) is 5.74. The van der Waals surface area contributed by atoms with Crippen LogP contribution in [-0.4, -0.2) is 28.6 Å². The number of pyridine rings is 1. The van der Waals surface area contributed by atoms with Crippen LogP contribution in [0.25, 0.3) is 10.9 Å². The van der Waals surface area contributed by atoms with Crippen LogP contribution in [0.3, 0.4) is 0 Å². The fourth-order valence-electron chi connectivity index (χ4n) is 3.11. The van der Waals surface area contributed by atoms with Crippen molar-refractivity contribution in [2.45, 2.75) is 38.6 Å². The lowest BCUT2D eigenvalue weighted by Gasteiger charge is -2.28. The molecule has 1 aromatic carbocycles. The van der Waals surface area contributed by atoms with Gasteiger partial charge in [-0.25, -0.2) is 9.78 Å². The molecule has 1 saturated heterocycles. The Morgan fingerprint density at radius 3 is 2.90 bits per heavy atom. The molecule has 1 aromatic heterocycles. The van der Waals surface area contributed by atoms with Crippen LogP contribution >= 0.6 is 0 Å². The molecule has 1 fully saturated rings.